The average Bonchev–Trinajstić information content (AvgIpc) is 2.88. The summed E-state index contributed by atoms with van der Waals surface area (Å²) in [6.07, 6.45) is 9.01. The van der Waals surface area contributed by atoms with Crippen molar-refractivity contribution in [1.82, 2.24) is 9.38 Å². The summed E-state index contributed by atoms with van der Waals surface area (Å²) >= 11 is 12.6. The number of aromatic nitrogens is 2. The van der Waals surface area contributed by atoms with E-state index in [4.69, 9.17) is 23.2 Å². The number of fused-ring (bicyclic) bond motifs is 1. The van der Waals surface area contributed by atoms with Crippen LogP contribution in [0.5, 0.6) is 0 Å². The van der Waals surface area contributed by atoms with Gasteiger partial charge in [-0.3, -0.25) is 4.40 Å². The van der Waals surface area contributed by atoms with E-state index in [1.165, 1.54) is 6.42 Å². The van der Waals surface area contributed by atoms with Crippen LogP contribution in [-0.4, -0.2) is 14.5 Å². The molecule has 0 amide bonds. The Hall–Kier alpha value is -0.770. The topological polar surface area (TPSA) is 37.5 Å². The molecule has 2 heterocycles. The second-order valence-corrected chi connectivity index (χ2v) is 6.61. The zero-order chi connectivity index (χ0) is 14.3. The summed E-state index contributed by atoms with van der Waals surface area (Å²) in [6, 6.07) is 1.78. The van der Waals surface area contributed by atoms with Crippen molar-refractivity contribution >= 4 is 28.7 Å². The average molecular weight is 313 g/mol. The first-order valence-electron chi connectivity index (χ1n) is 7.04. The SMILES string of the molecule is C[C@@](O)(c1c(Cl)c(Cl)cc2cncn12)C1CCCCC1. The summed E-state index contributed by atoms with van der Waals surface area (Å²) in [5, 5.41) is 12.0. The molecule has 3 nitrogen and oxygen atoms in total. The molecule has 0 spiro atoms. The van der Waals surface area contributed by atoms with Gasteiger partial charge in [-0.2, -0.15) is 0 Å². The molecule has 5 heteroatoms. The number of nitrogens with zero attached hydrogens (tertiary/aromatic N) is 2. The van der Waals surface area contributed by atoms with Crippen LogP contribution in [0.2, 0.25) is 10.0 Å². The smallest absolute Gasteiger partial charge is 0.106 e. The summed E-state index contributed by atoms with van der Waals surface area (Å²) < 4.78 is 1.85. The van der Waals surface area contributed by atoms with E-state index in [1.54, 1.807) is 18.6 Å². The number of aliphatic hydroxyl groups is 1. The molecule has 20 heavy (non-hydrogen) atoms. The van der Waals surface area contributed by atoms with Crippen LogP contribution in [0.1, 0.15) is 44.7 Å². The number of hydrogen-bond acceptors (Lipinski definition) is 2. The van der Waals surface area contributed by atoms with Gasteiger partial charge in [0.15, 0.2) is 0 Å². The van der Waals surface area contributed by atoms with Crippen LogP contribution < -0.4 is 0 Å². The molecule has 1 aliphatic rings. The largest absolute Gasteiger partial charge is 0.384 e. The third-order valence-corrected chi connectivity index (χ3v) is 5.26. The highest BCUT2D eigenvalue weighted by Crippen LogP contribution is 2.43. The Bertz CT molecular complexity index is 630. The third-order valence-electron chi connectivity index (χ3n) is 4.48. The van der Waals surface area contributed by atoms with E-state index in [2.05, 4.69) is 4.98 Å². The monoisotopic (exact) mass is 312 g/mol. The summed E-state index contributed by atoms with van der Waals surface area (Å²) in [7, 11) is 0. The molecule has 0 saturated heterocycles. The van der Waals surface area contributed by atoms with E-state index in [1.807, 2.05) is 11.3 Å². The molecule has 2 aromatic heterocycles. The van der Waals surface area contributed by atoms with Gasteiger partial charge in [-0.1, -0.05) is 42.5 Å². The zero-order valence-electron chi connectivity index (χ0n) is 11.4. The lowest BCUT2D eigenvalue weighted by Crippen LogP contribution is -2.35. The predicted octanol–water partition coefficient (Wildman–Crippen LogP) is 4.43. The number of halogens is 2. The molecule has 1 N–H and O–H groups in total. The predicted molar refractivity (Wildman–Crippen MR) is 81.4 cm³/mol. The molecule has 108 valence electrons. The summed E-state index contributed by atoms with van der Waals surface area (Å²) in [4.78, 5) is 4.14. The van der Waals surface area contributed by atoms with E-state index >= 15 is 0 Å². The Morgan fingerprint density at radius 1 is 1.30 bits per heavy atom. The normalized spacial score (nSPS) is 20.2. The van der Waals surface area contributed by atoms with E-state index in [0.29, 0.717) is 15.7 Å². The lowest BCUT2D eigenvalue weighted by atomic mass is 9.76. The van der Waals surface area contributed by atoms with Gasteiger partial charge < -0.3 is 5.11 Å². The van der Waals surface area contributed by atoms with Crippen LogP contribution >= 0.6 is 23.2 Å². The Balaban J connectivity index is 2.16. The Kier molecular flexibility index (Phi) is 3.69. The number of rotatable bonds is 2. The van der Waals surface area contributed by atoms with Crippen molar-refractivity contribution in [2.45, 2.75) is 44.6 Å². The van der Waals surface area contributed by atoms with Gasteiger partial charge in [0.05, 0.1) is 33.8 Å². The minimum Gasteiger partial charge on any atom is -0.384 e. The van der Waals surface area contributed by atoms with Crippen molar-refractivity contribution in [3.05, 3.63) is 34.3 Å². The maximum Gasteiger partial charge on any atom is 0.106 e. The van der Waals surface area contributed by atoms with Gasteiger partial charge in [0, 0.05) is 0 Å². The van der Waals surface area contributed by atoms with Gasteiger partial charge in [-0.05, 0) is 31.7 Å². The molecule has 0 radical (unpaired) electrons. The second kappa shape index (κ2) is 5.21. The van der Waals surface area contributed by atoms with E-state index in [-0.39, 0.29) is 5.92 Å². The lowest BCUT2D eigenvalue weighted by molar-refractivity contribution is -0.0260. The first kappa shape index (κ1) is 14.2. The van der Waals surface area contributed by atoms with Gasteiger partial charge in [-0.25, -0.2) is 4.98 Å². The van der Waals surface area contributed by atoms with Gasteiger partial charge in [0.25, 0.3) is 0 Å². The highest BCUT2D eigenvalue weighted by atomic mass is 35.5. The maximum atomic E-state index is 11.1. The fourth-order valence-electron chi connectivity index (χ4n) is 3.34. The molecule has 3 rings (SSSR count). The van der Waals surface area contributed by atoms with Gasteiger partial charge in [0.2, 0.25) is 0 Å². The van der Waals surface area contributed by atoms with Crippen molar-refractivity contribution in [1.29, 1.82) is 0 Å². The molecule has 1 aliphatic carbocycles. The van der Waals surface area contributed by atoms with Crippen LogP contribution in [-0.2, 0) is 5.60 Å². The minimum atomic E-state index is -0.999. The van der Waals surface area contributed by atoms with E-state index < -0.39 is 5.60 Å². The van der Waals surface area contributed by atoms with Crippen molar-refractivity contribution in [2.75, 3.05) is 0 Å². The number of imidazole rings is 1. The molecule has 0 aliphatic heterocycles. The summed E-state index contributed by atoms with van der Waals surface area (Å²) in [6.45, 7) is 1.85. The van der Waals surface area contributed by atoms with Crippen LogP contribution in [0.15, 0.2) is 18.6 Å². The van der Waals surface area contributed by atoms with Crippen molar-refractivity contribution < 1.29 is 5.11 Å². The highest BCUT2D eigenvalue weighted by molar-refractivity contribution is 6.42. The molecule has 0 bridgehead atoms. The number of pyridine rings is 1. The second-order valence-electron chi connectivity index (χ2n) is 5.83. The third kappa shape index (κ3) is 2.22. The van der Waals surface area contributed by atoms with Gasteiger partial charge in [0.1, 0.15) is 5.60 Å². The van der Waals surface area contributed by atoms with Crippen LogP contribution in [0.4, 0.5) is 0 Å². The standard InChI is InChI=1S/C15H18Cl2N2O/c1-15(20,10-5-3-2-4-6-10)14-13(17)12(16)7-11-8-18-9-19(11)14/h7-10,20H,2-6H2,1H3/t15-/m0/s1. The maximum absolute atomic E-state index is 11.1. The Morgan fingerprint density at radius 2 is 2.00 bits per heavy atom. The first-order valence-corrected chi connectivity index (χ1v) is 7.80. The van der Waals surface area contributed by atoms with Gasteiger partial charge in [-0.15, -0.1) is 0 Å². The molecule has 0 aromatic carbocycles. The van der Waals surface area contributed by atoms with E-state index in [0.717, 1.165) is 31.2 Å². The number of hydrogen-bond donors (Lipinski definition) is 1. The Morgan fingerprint density at radius 3 is 2.70 bits per heavy atom. The van der Waals surface area contributed by atoms with Crippen LogP contribution in [0, 0.1) is 5.92 Å². The fourth-order valence-corrected chi connectivity index (χ4v) is 3.87. The lowest BCUT2D eigenvalue weighted by Gasteiger charge is -2.36. The van der Waals surface area contributed by atoms with Crippen LogP contribution in [0.3, 0.4) is 0 Å². The molecular weight excluding hydrogens is 295 g/mol. The summed E-state index contributed by atoms with van der Waals surface area (Å²) in [5.74, 6) is 0.206. The fraction of sp³-hybridized carbons (Fsp3) is 0.533. The van der Waals surface area contributed by atoms with Gasteiger partial charge >= 0.3 is 0 Å². The molecular formula is C15H18Cl2N2O. The quantitative estimate of drug-likeness (QED) is 0.890. The minimum absolute atomic E-state index is 0.206. The Labute approximate surface area is 128 Å². The van der Waals surface area contributed by atoms with E-state index in [9.17, 15) is 5.11 Å². The van der Waals surface area contributed by atoms with Crippen LogP contribution in [0.25, 0.3) is 5.52 Å². The first-order chi connectivity index (χ1) is 9.51. The zero-order valence-corrected chi connectivity index (χ0v) is 13.0. The van der Waals surface area contributed by atoms with Crippen molar-refractivity contribution in [2.24, 2.45) is 5.92 Å². The highest BCUT2D eigenvalue weighted by Gasteiger charge is 2.38. The van der Waals surface area contributed by atoms with Crippen molar-refractivity contribution in [3.63, 3.8) is 0 Å². The molecule has 1 saturated carbocycles. The summed E-state index contributed by atoms with van der Waals surface area (Å²) in [5.41, 5.74) is 0.512. The van der Waals surface area contributed by atoms with Crippen molar-refractivity contribution in [3.8, 4) is 0 Å². The molecule has 2 aromatic rings. The molecule has 1 fully saturated rings. The molecule has 1 atom stereocenters. The molecule has 0 unspecified atom stereocenters.